The van der Waals surface area contributed by atoms with Crippen LogP contribution in [0.1, 0.15) is 41.5 Å². The van der Waals surface area contributed by atoms with Gasteiger partial charge in [0.1, 0.15) is 0 Å². The first-order chi connectivity index (χ1) is 7.31. The summed E-state index contributed by atoms with van der Waals surface area (Å²) in [6.07, 6.45) is 1.60. The Morgan fingerprint density at radius 2 is 1.56 bits per heavy atom. The lowest BCUT2D eigenvalue weighted by molar-refractivity contribution is -0.112. The maximum atomic E-state index is 10.9. The van der Waals surface area contributed by atoms with Crippen molar-refractivity contribution in [1.82, 2.24) is 0 Å². The normalized spacial score (nSPS) is 12.1. The van der Waals surface area contributed by atoms with Crippen LogP contribution in [0, 0.1) is 11.8 Å². The van der Waals surface area contributed by atoms with Crippen molar-refractivity contribution in [2.45, 2.75) is 52.1 Å². The minimum atomic E-state index is -1.19. The first-order valence-corrected chi connectivity index (χ1v) is 8.27. The van der Waals surface area contributed by atoms with Gasteiger partial charge in [-0.15, -0.1) is 0 Å². The van der Waals surface area contributed by atoms with Crippen LogP contribution >= 0.6 is 0 Å². The van der Waals surface area contributed by atoms with Gasteiger partial charge in [-0.1, -0.05) is 50.1 Å². The highest BCUT2D eigenvalue weighted by Gasteiger charge is 2.25. The van der Waals surface area contributed by atoms with Gasteiger partial charge in [0, 0.05) is 6.08 Å². The second-order valence-electron chi connectivity index (χ2n) is 5.36. The molecule has 0 aromatic carbocycles. The standard InChI is InChI=1S/C5H8O2.2C4H9.Al/c1-4(6)3-5(2)7;2*1-4(2)3;/h3,6H,1-2H3;2*4H,1H2,2-3H3;/q;;;+1/p-1/b4-3+;;;. The summed E-state index contributed by atoms with van der Waals surface area (Å²) in [5, 5.41) is 2.36. The van der Waals surface area contributed by atoms with E-state index in [-0.39, 0.29) is 5.78 Å². The monoisotopic (exact) mass is 240 g/mol. The zero-order valence-corrected chi connectivity index (χ0v) is 12.7. The first kappa shape index (κ1) is 15.7. The van der Waals surface area contributed by atoms with Gasteiger partial charge in [-0.25, -0.2) is 0 Å². The largest absolute Gasteiger partial charge is 0.646 e. The summed E-state index contributed by atoms with van der Waals surface area (Å²) >= 11 is -1.19. The minimum Gasteiger partial charge on any atom is -0.646 e. The molecule has 0 radical (unpaired) electrons. The summed E-state index contributed by atoms with van der Waals surface area (Å²) in [5.41, 5.74) is 0. The second-order valence-corrected chi connectivity index (χ2v) is 7.79. The first-order valence-electron chi connectivity index (χ1n) is 6.16. The van der Waals surface area contributed by atoms with Gasteiger partial charge in [0.2, 0.25) is 0 Å². The SMILES string of the molecule is CC(=O)/C=C(\C)[O][Al]([CH2]C(C)C)[CH2]C(C)C. The van der Waals surface area contributed by atoms with E-state index in [0.29, 0.717) is 11.8 Å². The van der Waals surface area contributed by atoms with E-state index in [1.807, 2.05) is 6.92 Å². The third-order valence-corrected chi connectivity index (χ3v) is 5.87. The van der Waals surface area contributed by atoms with Crippen molar-refractivity contribution in [2.75, 3.05) is 0 Å². The lowest BCUT2D eigenvalue weighted by Gasteiger charge is -2.18. The molecule has 92 valence electrons. The van der Waals surface area contributed by atoms with Gasteiger partial charge >= 0.3 is 14.5 Å². The van der Waals surface area contributed by atoms with Gasteiger partial charge in [-0.05, 0) is 13.8 Å². The second kappa shape index (κ2) is 7.93. The van der Waals surface area contributed by atoms with Gasteiger partial charge in [0.15, 0.2) is 5.78 Å². The number of carbonyl (C=O) groups excluding carboxylic acids is 1. The number of hydrogen-bond donors (Lipinski definition) is 0. The predicted octanol–water partition coefficient (Wildman–Crippen LogP) is 3.80. The molecule has 0 aliphatic carbocycles. The van der Waals surface area contributed by atoms with Crippen LogP contribution in [0.5, 0.6) is 0 Å². The Kier molecular flexibility index (Phi) is 7.80. The van der Waals surface area contributed by atoms with E-state index in [1.165, 1.54) is 10.6 Å². The summed E-state index contributed by atoms with van der Waals surface area (Å²) in [4.78, 5) is 10.9. The third kappa shape index (κ3) is 9.00. The van der Waals surface area contributed by atoms with E-state index in [1.54, 1.807) is 13.0 Å². The van der Waals surface area contributed by atoms with Gasteiger partial charge in [-0.3, -0.25) is 4.79 Å². The van der Waals surface area contributed by atoms with Crippen LogP contribution in [0.2, 0.25) is 10.6 Å². The smallest absolute Gasteiger partial charge is 0.547 e. The Hall–Kier alpha value is -0.258. The van der Waals surface area contributed by atoms with Crippen LogP contribution in [0.3, 0.4) is 0 Å². The molecule has 0 heterocycles. The molecule has 0 aliphatic heterocycles. The molecule has 0 bridgehead atoms. The van der Waals surface area contributed by atoms with Crippen LogP contribution in [-0.4, -0.2) is 20.3 Å². The quantitative estimate of drug-likeness (QED) is 0.384. The fourth-order valence-electron chi connectivity index (χ4n) is 1.83. The molecule has 0 saturated heterocycles. The van der Waals surface area contributed by atoms with E-state index in [9.17, 15) is 4.79 Å². The van der Waals surface area contributed by atoms with Gasteiger partial charge < -0.3 is 3.79 Å². The molecular formula is C13H25AlO2. The van der Waals surface area contributed by atoms with Crippen LogP contribution in [0.4, 0.5) is 0 Å². The summed E-state index contributed by atoms with van der Waals surface area (Å²) in [5.74, 6) is 2.23. The fourth-order valence-corrected chi connectivity index (χ4v) is 4.91. The lowest BCUT2D eigenvalue weighted by Crippen LogP contribution is -2.21. The van der Waals surface area contributed by atoms with Crippen molar-refractivity contribution < 1.29 is 8.58 Å². The Morgan fingerprint density at radius 1 is 1.12 bits per heavy atom. The van der Waals surface area contributed by atoms with Crippen molar-refractivity contribution >= 4 is 20.3 Å². The molecule has 0 fully saturated rings. The molecule has 0 rings (SSSR count). The molecule has 0 aliphatic rings. The molecule has 0 unspecified atom stereocenters. The highest BCUT2D eigenvalue weighted by atomic mass is 27.2. The Labute approximate surface area is 105 Å². The van der Waals surface area contributed by atoms with Crippen LogP contribution in [0.25, 0.3) is 0 Å². The highest BCUT2D eigenvalue weighted by molar-refractivity contribution is 6.52. The van der Waals surface area contributed by atoms with E-state index in [0.717, 1.165) is 5.76 Å². The van der Waals surface area contributed by atoms with Gasteiger partial charge in [0.05, 0.1) is 5.76 Å². The lowest BCUT2D eigenvalue weighted by atomic mass is 10.3. The minimum absolute atomic E-state index is 0.0688. The molecule has 0 aromatic heterocycles. The molecule has 0 saturated carbocycles. The average Bonchev–Trinajstić information content (AvgIpc) is 1.97. The number of allylic oxidation sites excluding steroid dienone is 2. The zero-order valence-electron chi connectivity index (χ0n) is 11.5. The van der Waals surface area contributed by atoms with Crippen molar-refractivity contribution in [3.63, 3.8) is 0 Å². The van der Waals surface area contributed by atoms with Gasteiger partial charge in [-0.2, -0.15) is 0 Å². The Morgan fingerprint density at radius 3 is 1.88 bits per heavy atom. The molecule has 0 spiro atoms. The van der Waals surface area contributed by atoms with E-state index in [4.69, 9.17) is 3.79 Å². The van der Waals surface area contributed by atoms with Crippen molar-refractivity contribution in [3.05, 3.63) is 11.8 Å². The topological polar surface area (TPSA) is 26.3 Å². The maximum absolute atomic E-state index is 10.9. The fraction of sp³-hybridized carbons (Fsp3) is 0.769. The molecule has 2 nitrogen and oxygen atoms in total. The average molecular weight is 240 g/mol. The number of ketones is 1. The predicted molar refractivity (Wildman–Crippen MR) is 70.6 cm³/mol. The Balaban J connectivity index is 4.35. The summed E-state index contributed by atoms with van der Waals surface area (Å²) in [6, 6.07) is 0. The molecule has 0 aromatic rings. The van der Waals surface area contributed by atoms with Crippen molar-refractivity contribution in [2.24, 2.45) is 11.8 Å². The van der Waals surface area contributed by atoms with Crippen LogP contribution in [0.15, 0.2) is 11.8 Å². The molecule has 3 heteroatoms. The molecule has 0 amide bonds. The number of rotatable bonds is 7. The van der Waals surface area contributed by atoms with Crippen LogP contribution in [-0.2, 0) is 8.58 Å². The van der Waals surface area contributed by atoms with Crippen LogP contribution < -0.4 is 0 Å². The van der Waals surface area contributed by atoms with E-state index >= 15 is 0 Å². The molecule has 16 heavy (non-hydrogen) atoms. The molecule has 0 atom stereocenters. The number of carbonyl (C=O) groups is 1. The van der Waals surface area contributed by atoms with Crippen molar-refractivity contribution in [1.29, 1.82) is 0 Å². The van der Waals surface area contributed by atoms with E-state index < -0.39 is 14.5 Å². The zero-order chi connectivity index (χ0) is 12.7. The van der Waals surface area contributed by atoms with Gasteiger partial charge in [0.25, 0.3) is 0 Å². The molecular weight excluding hydrogens is 215 g/mol. The maximum Gasteiger partial charge on any atom is 0.547 e. The molecule has 0 N–H and O–H groups in total. The number of hydrogen-bond acceptors (Lipinski definition) is 2. The summed E-state index contributed by atoms with van der Waals surface area (Å²) in [6.45, 7) is 12.4. The van der Waals surface area contributed by atoms with E-state index in [2.05, 4.69) is 27.7 Å². The summed E-state index contributed by atoms with van der Waals surface area (Å²) in [7, 11) is 0. The third-order valence-electron chi connectivity index (χ3n) is 2.23. The Bertz CT molecular complexity index is 234. The summed E-state index contributed by atoms with van der Waals surface area (Å²) < 4.78 is 5.96. The van der Waals surface area contributed by atoms with Crippen molar-refractivity contribution in [3.8, 4) is 0 Å². The highest BCUT2D eigenvalue weighted by Crippen LogP contribution is 2.17.